The molecule has 0 aliphatic heterocycles. The summed E-state index contributed by atoms with van der Waals surface area (Å²) in [5.74, 6) is 0.357. The Labute approximate surface area is 182 Å². The number of nitrogens with zero attached hydrogens (tertiary/aromatic N) is 4. The summed E-state index contributed by atoms with van der Waals surface area (Å²) in [6.07, 6.45) is 4.98. The van der Waals surface area contributed by atoms with Crippen LogP contribution in [0.2, 0.25) is 0 Å². The Morgan fingerprint density at radius 1 is 1.06 bits per heavy atom. The van der Waals surface area contributed by atoms with E-state index in [0.717, 1.165) is 16.7 Å². The van der Waals surface area contributed by atoms with E-state index in [4.69, 9.17) is 0 Å². The van der Waals surface area contributed by atoms with Gasteiger partial charge in [0, 0.05) is 6.20 Å². The first-order chi connectivity index (χ1) is 14.9. The zero-order valence-electron chi connectivity index (χ0n) is 17.5. The summed E-state index contributed by atoms with van der Waals surface area (Å²) in [5, 5.41) is 7.89. The van der Waals surface area contributed by atoms with Crippen molar-refractivity contribution in [2.75, 3.05) is 4.31 Å². The molecule has 0 spiro atoms. The molecule has 4 rings (SSSR count). The van der Waals surface area contributed by atoms with Gasteiger partial charge in [-0.1, -0.05) is 62.9 Å². The standard InChI is InChI=1S/C24H24N4O2S/c1-4-19-7-9-20(10-8-19)16-28(22-13-11-21(12-14-22)18(2)3)31(29,30)23-6-5-15-27-17-25-26-24(23)27/h4-15,17-18H,1,16H2,2-3H3. The lowest BCUT2D eigenvalue weighted by molar-refractivity contribution is 0.590. The van der Waals surface area contributed by atoms with Crippen LogP contribution in [0.25, 0.3) is 11.7 Å². The van der Waals surface area contributed by atoms with Gasteiger partial charge in [0.05, 0.1) is 12.2 Å². The van der Waals surface area contributed by atoms with Gasteiger partial charge in [-0.25, -0.2) is 8.42 Å². The lowest BCUT2D eigenvalue weighted by atomic mass is 10.0. The number of benzene rings is 2. The van der Waals surface area contributed by atoms with E-state index >= 15 is 0 Å². The van der Waals surface area contributed by atoms with Crippen molar-refractivity contribution in [2.24, 2.45) is 0 Å². The molecule has 0 saturated heterocycles. The fourth-order valence-corrected chi connectivity index (χ4v) is 4.99. The van der Waals surface area contributed by atoms with E-state index in [1.807, 2.05) is 48.5 Å². The molecule has 31 heavy (non-hydrogen) atoms. The zero-order valence-corrected chi connectivity index (χ0v) is 18.3. The second kappa shape index (κ2) is 8.35. The predicted octanol–water partition coefficient (Wildman–Crippen LogP) is 4.89. The maximum atomic E-state index is 13.8. The lowest BCUT2D eigenvalue weighted by Crippen LogP contribution is -2.31. The maximum Gasteiger partial charge on any atom is 0.268 e. The molecular weight excluding hydrogens is 408 g/mol. The molecule has 0 amide bonds. The number of pyridine rings is 1. The van der Waals surface area contributed by atoms with Crippen LogP contribution in [-0.4, -0.2) is 23.0 Å². The summed E-state index contributed by atoms with van der Waals surface area (Å²) in [6, 6.07) is 18.6. The molecule has 6 nitrogen and oxygen atoms in total. The first-order valence-corrected chi connectivity index (χ1v) is 11.5. The summed E-state index contributed by atoms with van der Waals surface area (Å²) in [7, 11) is -3.91. The predicted molar refractivity (Wildman–Crippen MR) is 123 cm³/mol. The smallest absolute Gasteiger partial charge is 0.268 e. The summed E-state index contributed by atoms with van der Waals surface area (Å²) in [4.78, 5) is 0.114. The number of hydrogen-bond acceptors (Lipinski definition) is 4. The number of hydrogen-bond donors (Lipinski definition) is 0. The van der Waals surface area contributed by atoms with Crippen LogP contribution in [-0.2, 0) is 16.6 Å². The molecule has 2 heterocycles. The first-order valence-electron chi connectivity index (χ1n) is 10.0. The zero-order chi connectivity index (χ0) is 22.0. The van der Waals surface area contributed by atoms with Gasteiger partial charge in [0.1, 0.15) is 11.2 Å². The Kier molecular flexibility index (Phi) is 5.61. The Morgan fingerprint density at radius 2 is 1.77 bits per heavy atom. The molecule has 4 aromatic rings. The minimum atomic E-state index is -3.91. The number of sulfonamides is 1. The second-order valence-corrected chi connectivity index (χ2v) is 9.47. The van der Waals surface area contributed by atoms with Crippen LogP contribution in [0.5, 0.6) is 0 Å². The molecule has 158 valence electrons. The Hall–Kier alpha value is -3.45. The molecule has 0 radical (unpaired) electrons. The van der Waals surface area contributed by atoms with E-state index in [1.165, 1.54) is 10.6 Å². The van der Waals surface area contributed by atoms with Crippen LogP contribution >= 0.6 is 0 Å². The van der Waals surface area contributed by atoms with Gasteiger partial charge in [-0.2, -0.15) is 0 Å². The normalized spacial score (nSPS) is 11.7. The third-order valence-electron chi connectivity index (χ3n) is 5.25. The topological polar surface area (TPSA) is 67.6 Å². The van der Waals surface area contributed by atoms with Crippen molar-refractivity contribution in [3.05, 3.63) is 96.5 Å². The number of aromatic nitrogens is 3. The molecule has 7 heteroatoms. The summed E-state index contributed by atoms with van der Waals surface area (Å²) in [5.41, 5.74) is 3.89. The third-order valence-corrected chi connectivity index (χ3v) is 7.04. The highest BCUT2D eigenvalue weighted by Crippen LogP contribution is 2.29. The fourth-order valence-electron chi connectivity index (χ4n) is 3.41. The summed E-state index contributed by atoms with van der Waals surface area (Å²) < 4.78 is 30.7. The number of rotatable bonds is 7. The number of fused-ring (bicyclic) bond motifs is 1. The van der Waals surface area contributed by atoms with Crippen LogP contribution in [0.3, 0.4) is 0 Å². The average Bonchev–Trinajstić information content (AvgIpc) is 3.26. The second-order valence-electron chi connectivity index (χ2n) is 7.64. The first kappa shape index (κ1) is 20.8. The van der Waals surface area contributed by atoms with Gasteiger partial charge in [0.25, 0.3) is 10.0 Å². The molecule has 0 aliphatic rings. The minimum Gasteiger partial charge on any atom is -0.288 e. The Morgan fingerprint density at radius 3 is 2.42 bits per heavy atom. The van der Waals surface area contributed by atoms with Crippen molar-refractivity contribution < 1.29 is 8.42 Å². The van der Waals surface area contributed by atoms with Crippen molar-refractivity contribution in [3.63, 3.8) is 0 Å². The van der Waals surface area contributed by atoms with Crippen molar-refractivity contribution >= 4 is 27.4 Å². The van der Waals surface area contributed by atoms with Crippen LogP contribution in [0.1, 0.15) is 36.5 Å². The van der Waals surface area contributed by atoms with Gasteiger partial charge in [-0.05, 0) is 46.9 Å². The van der Waals surface area contributed by atoms with E-state index < -0.39 is 10.0 Å². The van der Waals surface area contributed by atoms with Crippen molar-refractivity contribution in [1.82, 2.24) is 14.6 Å². The van der Waals surface area contributed by atoms with E-state index in [0.29, 0.717) is 17.3 Å². The molecule has 0 N–H and O–H groups in total. The SMILES string of the molecule is C=Cc1ccc(CN(c2ccc(C(C)C)cc2)S(=O)(=O)c2cccn3cnnc23)cc1. The van der Waals surface area contributed by atoms with Gasteiger partial charge in [-0.3, -0.25) is 8.71 Å². The van der Waals surface area contributed by atoms with Crippen LogP contribution in [0, 0.1) is 0 Å². The van der Waals surface area contributed by atoms with Gasteiger partial charge in [-0.15, -0.1) is 10.2 Å². The molecule has 0 atom stereocenters. The van der Waals surface area contributed by atoms with Gasteiger partial charge in [0.15, 0.2) is 5.65 Å². The molecule has 0 bridgehead atoms. The van der Waals surface area contributed by atoms with E-state index in [2.05, 4.69) is 30.6 Å². The highest BCUT2D eigenvalue weighted by atomic mass is 32.2. The lowest BCUT2D eigenvalue weighted by Gasteiger charge is -2.25. The maximum absolute atomic E-state index is 13.8. The molecule has 2 aromatic heterocycles. The Bertz CT molecular complexity index is 1310. The van der Waals surface area contributed by atoms with Gasteiger partial charge >= 0.3 is 0 Å². The van der Waals surface area contributed by atoms with Crippen molar-refractivity contribution in [1.29, 1.82) is 0 Å². The summed E-state index contributed by atoms with van der Waals surface area (Å²) in [6.45, 7) is 8.18. The van der Waals surface area contributed by atoms with E-state index in [1.54, 1.807) is 28.8 Å². The summed E-state index contributed by atoms with van der Waals surface area (Å²) >= 11 is 0. The molecule has 0 unspecified atom stereocenters. The minimum absolute atomic E-state index is 0.114. The largest absolute Gasteiger partial charge is 0.288 e. The van der Waals surface area contributed by atoms with E-state index in [9.17, 15) is 8.42 Å². The molecule has 0 fully saturated rings. The highest BCUT2D eigenvalue weighted by molar-refractivity contribution is 7.93. The van der Waals surface area contributed by atoms with Gasteiger partial charge < -0.3 is 0 Å². The molecule has 0 saturated carbocycles. The average molecular weight is 433 g/mol. The highest BCUT2D eigenvalue weighted by Gasteiger charge is 2.28. The van der Waals surface area contributed by atoms with Crippen LogP contribution < -0.4 is 4.31 Å². The third kappa shape index (κ3) is 4.09. The molecule has 2 aromatic carbocycles. The van der Waals surface area contributed by atoms with Crippen LogP contribution in [0.4, 0.5) is 5.69 Å². The molecule has 0 aliphatic carbocycles. The quantitative estimate of drug-likeness (QED) is 0.417. The van der Waals surface area contributed by atoms with Crippen molar-refractivity contribution in [2.45, 2.75) is 31.2 Å². The molecular formula is C24H24N4O2S. The van der Waals surface area contributed by atoms with Gasteiger partial charge in [0.2, 0.25) is 0 Å². The van der Waals surface area contributed by atoms with Crippen LogP contribution in [0.15, 0.2) is 84.7 Å². The van der Waals surface area contributed by atoms with Crippen molar-refractivity contribution in [3.8, 4) is 0 Å². The Balaban J connectivity index is 1.82. The number of anilines is 1. The fraction of sp³-hybridized carbons (Fsp3) is 0.167. The van der Waals surface area contributed by atoms with E-state index in [-0.39, 0.29) is 11.4 Å². The monoisotopic (exact) mass is 432 g/mol.